The predicted molar refractivity (Wildman–Crippen MR) is 103 cm³/mol. The lowest BCUT2D eigenvalue weighted by Crippen LogP contribution is -2.42. The Morgan fingerprint density at radius 3 is 2.64 bits per heavy atom. The molecule has 0 radical (unpaired) electrons. The Bertz CT molecular complexity index is 879. The Kier molecular flexibility index (Phi) is 6.08. The van der Waals surface area contributed by atoms with Crippen molar-refractivity contribution in [2.45, 2.75) is 31.9 Å². The van der Waals surface area contributed by atoms with E-state index < -0.39 is 12.0 Å². The first kappa shape index (κ1) is 20.0. The largest absolute Gasteiger partial charge is 0.496 e. The maximum atomic E-state index is 12.7. The van der Waals surface area contributed by atoms with Crippen LogP contribution in [-0.2, 0) is 20.9 Å². The van der Waals surface area contributed by atoms with Crippen molar-refractivity contribution in [3.05, 3.63) is 53.5 Å². The van der Waals surface area contributed by atoms with E-state index in [1.54, 1.807) is 30.3 Å². The molecule has 0 unspecified atom stereocenters. The number of carbonyl (C=O) groups is 3. The number of hydrogen-bond donors (Lipinski definition) is 0. The van der Waals surface area contributed by atoms with Crippen LogP contribution < -0.4 is 4.74 Å². The first-order valence-electron chi connectivity index (χ1n) is 8.70. The second-order valence-electron chi connectivity index (χ2n) is 6.33. The molecule has 0 bridgehead atoms. The summed E-state index contributed by atoms with van der Waals surface area (Å²) in [6, 6.07) is 7.78. The lowest BCUT2D eigenvalue weighted by molar-refractivity contribution is -0.154. The van der Waals surface area contributed by atoms with Gasteiger partial charge in [0, 0.05) is 23.8 Å². The van der Waals surface area contributed by atoms with Gasteiger partial charge in [-0.3, -0.25) is 9.59 Å². The van der Waals surface area contributed by atoms with Crippen LogP contribution in [0.4, 0.5) is 0 Å². The van der Waals surface area contributed by atoms with Gasteiger partial charge in [-0.25, -0.2) is 4.79 Å². The zero-order valence-corrected chi connectivity index (χ0v) is 16.7. The van der Waals surface area contributed by atoms with Gasteiger partial charge in [0.1, 0.15) is 29.5 Å². The summed E-state index contributed by atoms with van der Waals surface area (Å²) >= 11 is 1.45. The number of esters is 1. The average Bonchev–Trinajstić information content (AvgIpc) is 3.34. The molecule has 28 heavy (non-hydrogen) atoms. The van der Waals surface area contributed by atoms with Crippen molar-refractivity contribution < 1.29 is 28.3 Å². The van der Waals surface area contributed by atoms with Gasteiger partial charge in [0.2, 0.25) is 5.91 Å². The number of Topliss-reactive ketones (excluding diaryl/α,β-unsaturated/α-hetero) is 1. The highest BCUT2D eigenvalue weighted by atomic mass is 32.2. The highest BCUT2D eigenvalue weighted by molar-refractivity contribution is 7.99. The van der Waals surface area contributed by atoms with Crippen molar-refractivity contribution in [2.24, 2.45) is 0 Å². The van der Waals surface area contributed by atoms with Crippen LogP contribution in [0.2, 0.25) is 0 Å². The van der Waals surface area contributed by atoms with Crippen LogP contribution in [0.15, 0.2) is 41.0 Å². The summed E-state index contributed by atoms with van der Waals surface area (Å²) in [5.41, 5.74) is 1.10. The van der Waals surface area contributed by atoms with Crippen LogP contribution in [0, 0.1) is 0 Å². The van der Waals surface area contributed by atoms with Gasteiger partial charge < -0.3 is 18.8 Å². The molecular weight excluding hydrogens is 382 g/mol. The molecule has 2 aromatic rings. The minimum Gasteiger partial charge on any atom is -0.496 e. The van der Waals surface area contributed by atoms with Crippen LogP contribution in [0.3, 0.4) is 0 Å². The summed E-state index contributed by atoms with van der Waals surface area (Å²) in [6.07, 6.45) is 1.54. The predicted octanol–water partition coefficient (Wildman–Crippen LogP) is 3.20. The average molecular weight is 403 g/mol. The number of ketones is 1. The van der Waals surface area contributed by atoms with Crippen molar-refractivity contribution in [1.29, 1.82) is 0 Å². The fourth-order valence-corrected chi connectivity index (χ4v) is 4.49. The molecule has 148 valence electrons. The molecule has 1 fully saturated rings. The molecular formula is C20H21NO6S. The normalized spacial score (nSPS) is 18.8. The van der Waals surface area contributed by atoms with E-state index in [9.17, 15) is 14.4 Å². The van der Waals surface area contributed by atoms with E-state index in [1.165, 1.54) is 43.9 Å². The molecule has 1 aromatic heterocycles. The fourth-order valence-electron chi connectivity index (χ4n) is 3.08. The molecule has 1 aliphatic heterocycles. The van der Waals surface area contributed by atoms with E-state index in [0.717, 1.165) is 0 Å². The number of amides is 1. The number of rotatable bonds is 6. The van der Waals surface area contributed by atoms with Crippen molar-refractivity contribution in [3.63, 3.8) is 0 Å². The molecule has 1 aliphatic rings. The molecule has 1 aromatic carbocycles. The topological polar surface area (TPSA) is 86.1 Å². The number of benzene rings is 1. The molecule has 0 N–H and O–H groups in total. The molecule has 1 amide bonds. The van der Waals surface area contributed by atoms with Gasteiger partial charge in [0.15, 0.2) is 5.78 Å². The van der Waals surface area contributed by atoms with Crippen LogP contribution in [0.1, 0.15) is 40.9 Å². The van der Waals surface area contributed by atoms with E-state index in [0.29, 0.717) is 28.4 Å². The molecule has 2 heterocycles. The van der Waals surface area contributed by atoms with E-state index in [4.69, 9.17) is 13.9 Å². The highest BCUT2D eigenvalue weighted by Gasteiger charge is 2.43. The van der Waals surface area contributed by atoms with Crippen LogP contribution in [0.5, 0.6) is 5.75 Å². The lowest BCUT2D eigenvalue weighted by atomic mass is 10.1. The number of methoxy groups -OCH3 is 1. The zero-order chi connectivity index (χ0) is 20.3. The third kappa shape index (κ3) is 4.06. The van der Waals surface area contributed by atoms with E-state index >= 15 is 0 Å². The Hall–Kier alpha value is -2.74. The maximum absolute atomic E-state index is 12.7. The second kappa shape index (κ2) is 8.52. The zero-order valence-electron chi connectivity index (χ0n) is 15.8. The Balaban J connectivity index is 1.73. The van der Waals surface area contributed by atoms with E-state index in [2.05, 4.69) is 0 Å². The number of hydrogen-bond acceptors (Lipinski definition) is 7. The number of furan rings is 1. The van der Waals surface area contributed by atoms with Crippen LogP contribution >= 0.6 is 11.8 Å². The Labute approximate surface area is 167 Å². The standard InChI is InChI=1S/C20H21NO6S/c1-12(22)14-6-7-17(25-3)15(9-14)10-27-20(24)16-11-28-19(21(16)13(2)23)18-5-4-8-26-18/h4-9,16,19H,10-11H2,1-3H3/t16-,19-/m0/s1. The van der Waals surface area contributed by atoms with Crippen molar-refractivity contribution >= 4 is 29.4 Å². The van der Waals surface area contributed by atoms with Crippen molar-refractivity contribution in [1.82, 2.24) is 4.90 Å². The quantitative estimate of drug-likeness (QED) is 0.541. The summed E-state index contributed by atoms with van der Waals surface area (Å²) in [4.78, 5) is 38.0. The van der Waals surface area contributed by atoms with Crippen LogP contribution in [-0.4, -0.2) is 41.5 Å². The van der Waals surface area contributed by atoms with Gasteiger partial charge >= 0.3 is 5.97 Å². The van der Waals surface area contributed by atoms with E-state index in [-0.39, 0.29) is 23.7 Å². The molecule has 7 nitrogen and oxygen atoms in total. The van der Waals surface area contributed by atoms with Gasteiger partial charge in [-0.2, -0.15) is 0 Å². The number of nitrogens with zero attached hydrogens (tertiary/aromatic N) is 1. The molecule has 0 spiro atoms. The molecule has 1 saturated heterocycles. The number of thioether (sulfide) groups is 1. The van der Waals surface area contributed by atoms with E-state index in [1.807, 2.05) is 0 Å². The van der Waals surface area contributed by atoms with Gasteiger partial charge in [-0.1, -0.05) is 0 Å². The summed E-state index contributed by atoms with van der Waals surface area (Å²) in [7, 11) is 1.51. The van der Waals surface area contributed by atoms with Crippen molar-refractivity contribution in [3.8, 4) is 5.75 Å². The molecule has 8 heteroatoms. The van der Waals surface area contributed by atoms with Gasteiger partial charge in [-0.05, 0) is 37.3 Å². The number of ether oxygens (including phenoxy) is 2. The molecule has 0 aliphatic carbocycles. The first-order chi connectivity index (χ1) is 13.4. The van der Waals surface area contributed by atoms with Gasteiger partial charge in [0.25, 0.3) is 0 Å². The summed E-state index contributed by atoms with van der Waals surface area (Å²) in [5.74, 6) is 0.721. The SMILES string of the molecule is COc1ccc(C(C)=O)cc1COC(=O)[C@@H]1CS[C@@H](c2ccco2)N1C(C)=O. The third-order valence-corrected chi connectivity index (χ3v) is 5.76. The summed E-state index contributed by atoms with van der Waals surface area (Å²) in [6.45, 7) is 2.83. The summed E-state index contributed by atoms with van der Waals surface area (Å²) < 4.78 is 16.2. The smallest absolute Gasteiger partial charge is 0.330 e. The molecule has 0 saturated carbocycles. The molecule has 2 atom stereocenters. The minimum atomic E-state index is -0.709. The maximum Gasteiger partial charge on any atom is 0.330 e. The van der Waals surface area contributed by atoms with Crippen LogP contribution in [0.25, 0.3) is 0 Å². The highest BCUT2D eigenvalue weighted by Crippen LogP contribution is 2.42. The summed E-state index contributed by atoms with van der Waals surface area (Å²) in [5, 5.41) is -0.361. The second-order valence-corrected chi connectivity index (χ2v) is 7.45. The van der Waals surface area contributed by atoms with Crippen molar-refractivity contribution in [2.75, 3.05) is 12.9 Å². The Morgan fingerprint density at radius 1 is 1.25 bits per heavy atom. The van der Waals surface area contributed by atoms with Gasteiger partial charge in [-0.15, -0.1) is 11.8 Å². The Morgan fingerprint density at radius 2 is 2.04 bits per heavy atom. The first-order valence-corrected chi connectivity index (χ1v) is 9.75. The third-order valence-electron chi connectivity index (χ3n) is 4.48. The lowest BCUT2D eigenvalue weighted by Gasteiger charge is -2.26. The fraction of sp³-hybridized carbons (Fsp3) is 0.350. The molecule has 3 rings (SSSR count). The van der Waals surface area contributed by atoms with Gasteiger partial charge in [0.05, 0.1) is 13.4 Å². The monoisotopic (exact) mass is 403 g/mol. The minimum absolute atomic E-state index is 0.0541. The number of carbonyl (C=O) groups excluding carboxylic acids is 3.